The number of amides is 2. The summed E-state index contributed by atoms with van der Waals surface area (Å²) in [5, 5.41) is 2.82. The van der Waals surface area contributed by atoms with Gasteiger partial charge >= 0.3 is 5.97 Å². The summed E-state index contributed by atoms with van der Waals surface area (Å²) in [6, 6.07) is 8.33. The first-order valence-corrected chi connectivity index (χ1v) is 9.17. The summed E-state index contributed by atoms with van der Waals surface area (Å²) in [7, 11) is 0. The molecule has 8 heteroatoms. The fourth-order valence-electron chi connectivity index (χ4n) is 3.27. The van der Waals surface area contributed by atoms with Gasteiger partial charge in [-0.2, -0.15) is 0 Å². The number of aromatic nitrogens is 1. The van der Waals surface area contributed by atoms with Crippen LogP contribution < -0.4 is 10.2 Å². The molecule has 0 saturated heterocycles. The molecule has 2 amide bonds. The van der Waals surface area contributed by atoms with Crippen LogP contribution in [-0.2, 0) is 14.3 Å². The van der Waals surface area contributed by atoms with Gasteiger partial charge in [-0.15, -0.1) is 0 Å². The number of para-hydroxylation sites is 2. The molecule has 3 rings (SSSR count). The molecule has 1 aliphatic rings. The molecule has 1 aromatic heterocycles. The molecule has 2 aromatic rings. The summed E-state index contributed by atoms with van der Waals surface area (Å²) in [4.78, 5) is 42.9. The molecule has 28 heavy (non-hydrogen) atoms. The number of nitrogens with zero attached hydrogens (tertiary/aromatic N) is 2. The smallest absolute Gasteiger partial charge is 0.342 e. The zero-order valence-electron chi connectivity index (χ0n) is 15.8. The van der Waals surface area contributed by atoms with Gasteiger partial charge in [0.1, 0.15) is 5.15 Å². The minimum absolute atomic E-state index is 0.0400. The number of pyridine rings is 1. The van der Waals surface area contributed by atoms with E-state index in [0.717, 1.165) is 0 Å². The van der Waals surface area contributed by atoms with Crippen molar-refractivity contribution in [1.29, 1.82) is 0 Å². The van der Waals surface area contributed by atoms with E-state index in [-0.39, 0.29) is 29.1 Å². The molecular weight excluding hydrogens is 382 g/mol. The third kappa shape index (κ3) is 3.99. The minimum atomic E-state index is -0.715. The third-order valence-corrected chi connectivity index (χ3v) is 4.73. The number of nitrogens with one attached hydrogen (secondary N) is 1. The Morgan fingerprint density at radius 3 is 2.75 bits per heavy atom. The van der Waals surface area contributed by atoms with E-state index < -0.39 is 18.5 Å². The quantitative estimate of drug-likeness (QED) is 0.629. The van der Waals surface area contributed by atoms with E-state index in [2.05, 4.69) is 10.3 Å². The van der Waals surface area contributed by atoms with Crippen molar-refractivity contribution < 1.29 is 19.1 Å². The summed E-state index contributed by atoms with van der Waals surface area (Å²) >= 11 is 6.07. The first kappa shape index (κ1) is 19.8. The van der Waals surface area contributed by atoms with Crippen LogP contribution in [-0.4, -0.2) is 35.4 Å². The van der Waals surface area contributed by atoms with Gasteiger partial charge in [0.2, 0.25) is 5.91 Å². The second kappa shape index (κ2) is 7.98. The van der Waals surface area contributed by atoms with Crippen molar-refractivity contribution in [3.63, 3.8) is 0 Å². The Labute approximate surface area is 167 Å². The molecule has 0 unspecified atom stereocenters. The van der Waals surface area contributed by atoms with Crippen LogP contribution in [0.25, 0.3) is 0 Å². The van der Waals surface area contributed by atoms with Gasteiger partial charge in [0, 0.05) is 18.2 Å². The maximum atomic E-state index is 12.9. The Kier molecular flexibility index (Phi) is 5.65. The molecule has 7 nitrogen and oxygen atoms in total. The van der Waals surface area contributed by atoms with Crippen molar-refractivity contribution in [3.8, 4) is 0 Å². The average Bonchev–Trinajstić information content (AvgIpc) is 2.73. The maximum Gasteiger partial charge on any atom is 0.342 e. The highest BCUT2D eigenvalue weighted by Gasteiger charge is 2.30. The van der Waals surface area contributed by atoms with Gasteiger partial charge in [0.25, 0.3) is 5.91 Å². The second-order valence-corrected chi connectivity index (χ2v) is 7.06. The number of hydrogen-bond acceptors (Lipinski definition) is 5. The highest BCUT2D eigenvalue weighted by atomic mass is 35.5. The number of halogens is 1. The van der Waals surface area contributed by atoms with Gasteiger partial charge in [-0.25, -0.2) is 9.78 Å². The Hall–Kier alpha value is -2.93. The molecule has 0 radical (unpaired) electrons. The average molecular weight is 402 g/mol. The van der Waals surface area contributed by atoms with E-state index in [0.29, 0.717) is 22.6 Å². The molecule has 0 spiro atoms. The van der Waals surface area contributed by atoms with Crippen molar-refractivity contribution >= 4 is 40.8 Å². The van der Waals surface area contributed by atoms with Gasteiger partial charge in [0.05, 0.1) is 16.9 Å². The van der Waals surface area contributed by atoms with Crippen LogP contribution in [0.1, 0.15) is 35.0 Å². The van der Waals surface area contributed by atoms with Crippen LogP contribution in [0.2, 0.25) is 5.15 Å². The fourth-order valence-corrected chi connectivity index (χ4v) is 3.63. The van der Waals surface area contributed by atoms with Crippen molar-refractivity contribution in [2.45, 2.75) is 33.2 Å². The normalized spacial score (nSPS) is 16.1. The lowest BCUT2D eigenvalue weighted by atomic mass is 10.1. The Balaban J connectivity index is 1.79. The van der Waals surface area contributed by atoms with Crippen molar-refractivity contribution in [1.82, 2.24) is 4.98 Å². The molecule has 0 bridgehead atoms. The molecular formula is C20H20ClN3O4. The molecule has 1 N–H and O–H groups in total. The van der Waals surface area contributed by atoms with E-state index in [1.54, 1.807) is 51.1 Å². The predicted molar refractivity (Wildman–Crippen MR) is 106 cm³/mol. The fraction of sp³-hybridized carbons (Fsp3) is 0.300. The number of benzene rings is 1. The zero-order valence-corrected chi connectivity index (χ0v) is 16.5. The van der Waals surface area contributed by atoms with Crippen LogP contribution in [0.15, 0.2) is 30.3 Å². The lowest BCUT2D eigenvalue weighted by Gasteiger charge is -2.27. The van der Waals surface area contributed by atoms with Gasteiger partial charge < -0.3 is 15.0 Å². The minimum Gasteiger partial charge on any atom is -0.452 e. The number of carbonyl (C=O) groups excluding carboxylic acids is 3. The lowest BCUT2D eigenvalue weighted by Crippen LogP contribution is -2.41. The SMILES string of the molecule is Cc1cc(C)c(C(=O)OCC(=O)N2c3ccccc3NC(=O)C[C@@H]2C)c(Cl)n1. The summed E-state index contributed by atoms with van der Waals surface area (Å²) in [6.07, 6.45) is 0.140. The van der Waals surface area contributed by atoms with Gasteiger partial charge in [0.15, 0.2) is 6.61 Å². The Bertz CT molecular complexity index is 937. The van der Waals surface area contributed by atoms with E-state index in [1.165, 1.54) is 4.90 Å². The zero-order chi connectivity index (χ0) is 20.4. The van der Waals surface area contributed by atoms with Crippen molar-refractivity contribution in [2.24, 2.45) is 0 Å². The first-order chi connectivity index (χ1) is 13.3. The number of carbonyl (C=O) groups is 3. The molecule has 1 aromatic carbocycles. The summed E-state index contributed by atoms with van der Waals surface area (Å²) in [6.45, 7) is 4.79. The number of esters is 1. The van der Waals surface area contributed by atoms with Crippen LogP contribution in [0, 0.1) is 13.8 Å². The van der Waals surface area contributed by atoms with Crippen LogP contribution in [0.4, 0.5) is 11.4 Å². The van der Waals surface area contributed by atoms with E-state index in [9.17, 15) is 14.4 Å². The topological polar surface area (TPSA) is 88.6 Å². The Morgan fingerprint density at radius 2 is 2.04 bits per heavy atom. The number of anilines is 2. The van der Waals surface area contributed by atoms with Crippen molar-refractivity contribution in [2.75, 3.05) is 16.8 Å². The molecule has 0 aliphatic carbocycles. The van der Waals surface area contributed by atoms with Crippen molar-refractivity contribution in [3.05, 3.63) is 52.3 Å². The summed E-state index contributed by atoms with van der Waals surface area (Å²) < 4.78 is 5.22. The van der Waals surface area contributed by atoms with E-state index in [1.807, 2.05) is 0 Å². The molecule has 146 valence electrons. The van der Waals surface area contributed by atoms with Crippen LogP contribution >= 0.6 is 11.6 Å². The number of ether oxygens (including phenoxy) is 1. The van der Waals surface area contributed by atoms with Gasteiger partial charge in [-0.1, -0.05) is 23.7 Å². The predicted octanol–water partition coefficient (Wildman–Crippen LogP) is 3.27. The monoisotopic (exact) mass is 401 g/mol. The largest absolute Gasteiger partial charge is 0.452 e. The number of rotatable bonds is 3. The third-order valence-electron chi connectivity index (χ3n) is 4.46. The Morgan fingerprint density at radius 1 is 1.32 bits per heavy atom. The number of aryl methyl sites for hydroxylation is 2. The summed E-state index contributed by atoms with van der Waals surface area (Å²) in [5.74, 6) is -1.33. The van der Waals surface area contributed by atoms with E-state index >= 15 is 0 Å². The first-order valence-electron chi connectivity index (χ1n) is 8.79. The standard InChI is InChI=1S/C20H20ClN3O4/c1-11-8-12(2)22-19(21)18(11)20(27)28-10-17(26)24-13(3)9-16(25)23-14-6-4-5-7-15(14)24/h4-8,13H,9-10H2,1-3H3,(H,23,25)/t13-/m0/s1. The molecule has 2 heterocycles. The maximum absolute atomic E-state index is 12.9. The number of hydrogen-bond donors (Lipinski definition) is 1. The number of fused-ring (bicyclic) bond motifs is 1. The highest BCUT2D eigenvalue weighted by Crippen LogP contribution is 2.31. The molecule has 1 aliphatic heterocycles. The molecule has 0 fully saturated rings. The summed E-state index contributed by atoms with van der Waals surface area (Å²) in [5.41, 5.74) is 2.55. The lowest BCUT2D eigenvalue weighted by molar-refractivity contribution is -0.122. The van der Waals surface area contributed by atoms with Crippen LogP contribution in [0.3, 0.4) is 0 Å². The van der Waals surface area contributed by atoms with Gasteiger partial charge in [-0.3, -0.25) is 9.59 Å². The van der Waals surface area contributed by atoms with E-state index in [4.69, 9.17) is 16.3 Å². The van der Waals surface area contributed by atoms with Crippen LogP contribution in [0.5, 0.6) is 0 Å². The van der Waals surface area contributed by atoms with Gasteiger partial charge in [-0.05, 0) is 44.5 Å². The molecule has 0 saturated carbocycles. The highest BCUT2D eigenvalue weighted by molar-refractivity contribution is 6.32. The molecule has 1 atom stereocenters. The second-order valence-electron chi connectivity index (χ2n) is 6.70.